The number of carbonyl (C=O) groups is 1. The van der Waals surface area contributed by atoms with Gasteiger partial charge in [-0.25, -0.2) is 19.7 Å². The molecular weight excluding hydrogens is 512 g/mol. The molecule has 0 spiro atoms. The summed E-state index contributed by atoms with van der Waals surface area (Å²) < 4.78 is 14.4. The Bertz CT molecular complexity index is 1200. The number of aromatic nitrogens is 4. The number of hydrogen-bond donors (Lipinski definition) is 2. The molecular formula is C21H23BrN6O4S. The van der Waals surface area contributed by atoms with Crippen LogP contribution in [0.4, 0.5) is 10.6 Å². The van der Waals surface area contributed by atoms with E-state index in [0.717, 1.165) is 33.8 Å². The summed E-state index contributed by atoms with van der Waals surface area (Å²) in [6.07, 6.45) is 3.22. The van der Waals surface area contributed by atoms with Crippen molar-refractivity contribution in [3.8, 4) is 11.5 Å². The molecule has 5 rings (SSSR count). The number of carboxylic acid groups (broad SMARTS) is 1. The minimum absolute atomic E-state index is 0.344. The number of fused-ring (bicyclic) bond motifs is 2. The van der Waals surface area contributed by atoms with Gasteiger partial charge < -0.3 is 29.8 Å². The Morgan fingerprint density at radius 1 is 1.21 bits per heavy atom. The normalized spacial score (nSPS) is 16.3. The zero-order chi connectivity index (χ0) is 22.9. The monoisotopic (exact) mass is 534 g/mol. The lowest BCUT2D eigenvalue weighted by atomic mass is 9.94. The summed E-state index contributed by atoms with van der Waals surface area (Å²) in [5.74, 6) is 2.21. The summed E-state index contributed by atoms with van der Waals surface area (Å²) in [6, 6.07) is 3.86. The van der Waals surface area contributed by atoms with Crippen molar-refractivity contribution in [3.05, 3.63) is 22.9 Å². The highest BCUT2D eigenvalue weighted by molar-refractivity contribution is 9.10. The number of halogens is 1. The van der Waals surface area contributed by atoms with Crippen LogP contribution in [0.3, 0.4) is 0 Å². The average molecular weight is 535 g/mol. The van der Waals surface area contributed by atoms with Gasteiger partial charge in [-0.1, -0.05) is 11.8 Å². The van der Waals surface area contributed by atoms with E-state index in [1.54, 1.807) is 0 Å². The number of rotatable bonds is 5. The van der Waals surface area contributed by atoms with Gasteiger partial charge in [-0.3, -0.25) is 0 Å². The van der Waals surface area contributed by atoms with Gasteiger partial charge in [0.05, 0.1) is 0 Å². The van der Waals surface area contributed by atoms with Crippen LogP contribution in [-0.4, -0.2) is 61.9 Å². The summed E-state index contributed by atoms with van der Waals surface area (Å²) in [4.78, 5) is 26.9. The molecule has 12 heteroatoms. The molecule has 0 atom stereocenters. The van der Waals surface area contributed by atoms with E-state index < -0.39 is 6.09 Å². The Kier molecular flexibility index (Phi) is 6.19. The van der Waals surface area contributed by atoms with Crippen LogP contribution in [0.2, 0.25) is 0 Å². The molecule has 0 radical (unpaired) electrons. The smallest absolute Gasteiger partial charge is 0.407 e. The van der Waals surface area contributed by atoms with E-state index in [1.165, 1.54) is 23.0 Å². The number of piperidine rings is 1. The standard InChI is InChI=1S/C21H23BrN6O4S/c22-13-9-14-15(32-8-7-31-14)10-16(13)33-20-26-17-18(23)24-11-25-19(17)28(20)6-3-12-1-4-27(5-2-12)21(29)30/h9-12H,1-8H2,(H,29,30)(H2,23,24,25). The Morgan fingerprint density at radius 3 is 2.67 bits per heavy atom. The van der Waals surface area contributed by atoms with Crippen molar-refractivity contribution < 1.29 is 19.4 Å². The van der Waals surface area contributed by atoms with E-state index in [-0.39, 0.29) is 0 Å². The molecule has 1 fully saturated rings. The first-order chi connectivity index (χ1) is 16.0. The zero-order valence-electron chi connectivity index (χ0n) is 17.7. The topological polar surface area (TPSA) is 129 Å². The van der Waals surface area contributed by atoms with Crippen molar-refractivity contribution in [2.24, 2.45) is 5.92 Å². The average Bonchev–Trinajstić information content (AvgIpc) is 3.17. The van der Waals surface area contributed by atoms with Crippen molar-refractivity contribution >= 4 is 50.8 Å². The third-order valence-electron chi connectivity index (χ3n) is 5.97. The third kappa shape index (κ3) is 4.54. The largest absolute Gasteiger partial charge is 0.486 e. The maximum Gasteiger partial charge on any atom is 0.407 e. The van der Waals surface area contributed by atoms with Gasteiger partial charge in [0.25, 0.3) is 0 Å². The van der Waals surface area contributed by atoms with E-state index >= 15 is 0 Å². The molecule has 1 aromatic carbocycles. The Balaban J connectivity index is 1.40. The van der Waals surface area contributed by atoms with Crippen LogP contribution in [0.15, 0.2) is 33.0 Å². The number of anilines is 1. The number of aryl methyl sites for hydroxylation is 1. The van der Waals surface area contributed by atoms with Gasteiger partial charge in [0.2, 0.25) is 0 Å². The van der Waals surface area contributed by atoms with Gasteiger partial charge in [-0.05, 0) is 53.2 Å². The third-order valence-corrected chi connectivity index (χ3v) is 7.94. The number of nitrogen functional groups attached to an aromatic ring is 1. The van der Waals surface area contributed by atoms with Gasteiger partial charge >= 0.3 is 6.09 Å². The molecule has 1 amide bonds. The molecule has 174 valence electrons. The van der Waals surface area contributed by atoms with Gasteiger partial charge in [0.1, 0.15) is 19.5 Å². The maximum absolute atomic E-state index is 11.2. The van der Waals surface area contributed by atoms with Crippen molar-refractivity contribution in [1.29, 1.82) is 0 Å². The number of nitrogens with zero attached hydrogens (tertiary/aromatic N) is 5. The van der Waals surface area contributed by atoms with Crippen LogP contribution < -0.4 is 15.2 Å². The number of hydrogen-bond acceptors (Lipinski definition) is 8. The molecule has 0 saturated carbocycles. The van der Waals surface area contributed by atoms with Crippen LogP contribution in [0.25, 0.3) is 11.2 Å². The Hall–Kier alpha value is -2.73. The predicted molar refractivity (Wildman–Crippen MR) is 126 cm³/mol. The van der Waals surface area contributed by atoms with Crippen LogP contribution in [-0.2, 0) is 6.54 Å². The van der Waals surface area contributed by atoms with Crippen LogP contribution >= 0.6 is 27.7 Å². The second-order valence-electron chi connectivity index (χ2n) is 8.01. The molecule has 2 aliphatic heterocycles. The minimum Gasteiger partial charge on any atom is -0.486 e. The highest BCUT2D eigenvalue weighted by Crippen LogP contribution is 2.42. The molecule has 2 aliphatic rings. The second kappa shape index (κ2) is 9.26. The first-order valence-electron chi connectivity index (χ1n) is 10.7. The van der Waals surface area contributed by atoms with E-state index in [2.05, 4.69) is 30.5 Å². The van der Waals surface area contributed by atoms with Crippen LogP contribution in [0.5, 0.6) is 11.5 Å². The fraction of sp³-hybridized carbons (Fsp3) is 0.429. The summed E-state index contributed by atoms with van der Waals surface area (Å²) in [5.41, 5.74) is 7.37. The van der Waals surface area contributed by atoms with Gasteiger partial charge in [0, 0.05) is 29.0 Å². The Morgan fingerprint density at radius 2 is 1.94 bits per heavy atom. The maximum atomic E-state index is 11.2. The highest BCUT2D eigenvalue weighted by Gasteiger charge is 2.24. The number of likely N-dealkylation sites (tertiary alicyclic amines) is 1. The van der Waals surface area contributed by atoms with Gasteiger partial charge in [0.15, 0.2) is 33.6 Å². The molecule has 3 aromatic rings. The SMILES string of the molecule is Nc1ncnc2c1nc(Sc1cc3c(cc1Br)OCCO3)n2CCC1CCN(C(=O)O)CC1. The molecule has 2 aromatic heterocycles. The molecule has 33 heavy (non-hydrogen) atoms. The minimum atomic E-state index is -0.843. The lowest BCUT2D eigenvalue weighted by Gasteiger charge is -2.30. The first kappa shape index (κ1) is 22.1. The molecule has 10 nitrogen and oxygen atoms in total. The van der Waals surface area contributed by atoms with Crippen molar-refractivity contribution in [3.63, 3.8) is 0 Å². The summed E-state index contributed by atoms with van der Waals surface area (Å²) >= 11 is 5.14. The lowest BCUT2D eigenvalue weighted by Crippen LogP contribution is -2.37. The Labute approximate surface area is 202 Å². The van der Waals surface area contributed by atoms with Crippen LogP contribution in [0, 0.1) is 5.92 Å². The van der Waals surface area contributed by atoms with E-state index in [9.17, 15) is 9.90 Å². The summed E-state index contributed by atoms with van der Waals surface area (Å²) in [5, 5.41) is 9.95. The van der Waals surface area contributed by atoms with E-state index in [4.69, 9.17) is 20.2 Å². The summed E-state index contributed by atoms with van der Waals surface area (Å²) in [6.45, 7) is 2.90. The van der Waals surface area contributed by atoms with Crippen LogP contribution in [0.1, 0.15) is 19.3 Å². The molecule has 3 N–H and O–H groups in total. The number of imidazole rings is 1. The quantitative estimate of drug-likeness (QED) is 0.500. The molecule has 4 heterocycles. The fourth-order valence-corrected chi connectivity index (χ4v) is 5.67. The number of nitrogens with two attached hydrogens (primary N) is 1. The predicted octanol–water partition coefficient (Wildman–Crippen LogP) is 3.87. The van der Waals surface area contributed by atoms with E-state index in [0.29, 0.717) is 67.2 Å². The molecule has 1 saturated heterocycles. The zero-order valence-corrected chi connectivity index (χ0v) is 20.1. The van der Waals surface area contributed by atoms with E-state index in [1.807, 2.05) is 12.1 Å². The number of ether oxygens (including phenoxy) is 2. The van der Waals surface area contributed by atoms with Gasteiger partial charge in [-0.2, -0.15) is 0 Å². The van der Waals surface area contributed by atoms with Crippen molar-refractivity contribution in [1.82, 2.24) is 24.4 Å². The lowest BCUT2D eigenvalue weighted by molar-refractivity contribution is 0.122. The highest BCUT2D eigenvalue weighted by atomic mass is 79.9. The number of amides is 1. The van der Waals surface area contributed by atoms with Gasteiger partial charge in [-0.15, -0.1) is 0 Å². The molecule has 0 aliphatic carbocycles. The van der Waals surface area contributed by atoms with Crippen molar-refractivity contribution in [2.75, 3.05) is 32.0 Å². The molecule has 0 bridgehead atoms. The van der Waals surface area contributed by atoms with Crippen molar-refractivity contribution in [2.45, 2.75) is 35.9 Å². The summed E-state index contributed by atoms with van der Waals surface area (Å²) in [7, 11) is 0. The molecule has 0 unspecified atom stereocenters. The first-order valence-corrected chi connectivity index (χ1v) is 12.3. The fourth-order valence-electron chi connectivity index (χ4n) is 4.16. The number of benzene rings is 1. The second-order valence-corrected chi connectivity index (χ2v) is 9.87.